The summed E-state index contributed by atoms with van der Waals surface area (Å²) in [6, 6.07) is 14.7. The molecule has 25 heavy (non-hydrogen) atoms. The SMILES string of the molecule is CC(C)n1c(SCc2cccc(C#N)c2)nc2cc(Cl)ccc2c1=O. The lowest BCUT2D eigenvalue weighted by Gasteiger charge is -2.16. The van der Waals surface area contributed by atoms with Crippen molar-refractivity contribution in [2.75, 3.05) is 0 Å². The first-order valence-electron chi connectivity index (χ1n) is 7.83. The summed E-state index contributed by atoms with van der Waals surface area (Å²) in [4.78, 5) is 17.5. The molecule has 126 valence electrons. The summed E-state index contributed by atoms with van der Waals surface area (Å²) < 4.78 is 1.70. The highest BCUT2D eigenvalue weighted by atomic mass is 35.5. The zero-order valence-corrected chi connectivity index (χ0v) is 15.4. The van der Waals surface area contributed by atoms with Crippen LogP contribution in [0.3, 0.4) is 0 Å². The Morgan fingerprint density at radius 1 is 1.28 bits per heavy atom. The minimum Gasteiger partial charge on any atom is -0.285 e. The fourth-order valence-corrected chi connectivity index (χ4v) is 3.82. The van der Waals surface area contributed by atoms with Crippen molar-refractivity contribution in [2.24, 2.45) is 0 Å². The van der Waals surface area contributed by atoms with E-state index in [-0.39, 0.29) is 11.6 Å². The molecule has 0 bridgehead atoms. The Labute approximate surface area is 155 Å². The van der Waals surface area contributed by atoms with Crippen LogP contribution in [-0.2, 0) is 5.75 Å². The first-order valence-corrected chi connectivity index (χ1v) is 9.19. The van der Waals surface area contributed by atoms with Gasteiger partial charge in [-0.25, -0.2) is 4.98 Å². The normalized spacial score (nSPS) is 11.0. The molecule has 3 aromatic rings. The Bertz CT molecular complexity index is 1040. The first kappa shape index (κ1) is 17.5. The summed E-state index contributed by atoms with van der Waals surface area (Å²) in [5.74, 6) is 0.626. The van der Waals surface area contributed by atoms with Crippen molar-refractivity contribution >= 4 is 34.3 Å². The van der Waals surface area contributed by atoms with E-state index >= 15 is 0 Å². The fraction of sp³-hybridized carbons (Fsp3) is 0.211. The van der Waals surface area contributed by atoms with Gasteiger partial charge in [-0.3, -0.25) is 9.36 Å². The molecule has 0 aliphatic carbocycles. The summed E-state index contributed by atoms with van der Waals surface area (Å²) >= 11 is 7.53. The van der Waals surface area contributed by atoms with Crippen molar-refractivity contribution in [1.82, 2.24) is 9.55 Å². The number of aromatic nitrogens is 2. The number of hydrogen-bond acceptors (Lipinski definition) is 4. The van der Waals surface area contributed by atoms with E-state index in [4.69, 9.17) is 16.9 Å². The Balaban J connectivity index is 2.03. The van der Waals surface area contributed by atoms with Gasteiger partial charge in [0, 0.05) is 16.8 Å². The van der Waals surface area contributed by atoms with Gasteiger partial charge in [0.15, 0.2) is 5.16 Å². The maximum Gasteiger partial charge on any atom is 0.262 e. The molecule has 2 aromatic carbocycles. The van der Waals surface area contributed by atoms with Gasteiger partial charge in [-0.1, -0.05) is 35.5 Å². The standard InChI is InChI=1S/C19H16ClN3OS/c1-12(2)23-18(24)16-7-6-15(20)9-17(16)22-19(23)25-11-14-5-3-4-13(8-14)10-21/h3-9,12H,11H2,1-2H3. The number of benzene rings is 2. The largest absolute Gasteiger partial charge is 0.285 e. The van der Waals surface area contributed by atoms with Gasteiger partial charge in [0.25, 0.3) is 5.56 Å². The summed E-state index contributed by atoms with van der Waals surface area (Å²) in [6.45, 7) is 3.93. The van der Waals surface area contributed by atoms with Crippen LogP contribution >= 0.6 is 23.4 Å². The highest BCUT2D eigenvalue weighted by Crippen LogP contribution is 2.25. The molecule has 1 heterocycles. The molecule has 0 atom stereocenters. The van der Waals surface area contributed by atoms with Gasteiger partial charge in [0.1, 0.15) is 0 Å². The third-order valence-electron chi connectivity index (χ3n) is 3.77. The Hall–Kier alpha value is -2.29. The second-order valence-electron chi connectivity index (χ2n) is 5.93. The van der Waals surface area contributed by atoms with Crippen LogP contribution in [0.2, 0.25) is 5.02 Å². The van der Waals surface area contributed by atoms with E-state index < -0.39 is 0 Å². The van der Waals surface area contributed by atoms with Gasteiger partial charge < -0.3 is 0 Å². The number of hydrogen-bond donors (Lipinski definition) is 0. The predicted molar refractivity (Wildman–Crippen MR) is 102 cm³/mol. The van der Waals surface area contributed by atoms with Crippen molar-refractivity contribution in [3.63, 3.8) is 0 Å². The second kappa shape index (κ2) is 7.30. The molecule has 0 spiro atoms. The van der Waals surface area contributed by atoms with Gasteiger partial charge in [-0.2, -0.15) is 5.26 Å². The van der Waals surface area contributed by atoms with Crippen LogP contribution in [0, 0.1) is 11.3 Å². The highest BCUT2D eigenvalue weighted by Gasteiger charge is 2.14. The second-order valence-corrected chi connectivity index (χ2v) is 7.30. The molecule has 4 nitrogen and oxygen atoms in total. The zero-order valence-electron chi connectivity index (χ0n) is 13.9. The van der Waals surface area contributed by atoms with Gasteiger partial charge in [-0.05, 0) is 49.7 Å². The molecule has 0 saturated heterocycles. The maximum atomic E-state index is 12.8. The van der Waals surface area contributed by atoms with Crippen LogP contribution < -0.4 is 5.56 Å². The number of fused-ring (bicyclic) bond motifs is 1. The van der Waals surface area contributed by atoms with Gasteiger partial charge in [0.05, 0.1) is 22.5 Å². The van der Waals surface area contributed by atoms with E-state index in [1.165, 1.54) is 11.8 Å². The molecule has 0 aliphatic heterocycles. The first-order chi connectivity index (χ1) is 12.0. The molecular weight excluding hydrogens is 354 g/mol. The van der Waals surface area contributed by atoms with E-state index in [2.05, 4.69) is 11.1 Å². The molecule has 0 amide bonds. The van der Waals surface area contributed by atoms with Gasteiger partial charge in [0.2, 0.25) is 0 Å². The lowest BCUT2D eigenvalue weighted by molar-refractivity contribution is 0.519. The quantitative estimate of drug-likeness (QED) is 0.489. The number of thioether (sulfide) groups is 1. The van der Waals surface area contributed by atoms with Crippen molar-refractivity contribution in [3.05, 3.63) is 69.0 Å². The monoisotopic (exact) mass is 369 g/mol. The summed E-state index contributed by atoms with van der Waals surface area (Å²) in [7, 11) is 0. The average molecular weight is 370 g/mol. The number of nitrogens with zero attached hydrogens (tertiary/aromatic N) is 3. The van der Waals surface area contributed by atoms with Crippen molar-refractivity contribution < 1.29 is 0 Å². The van der Waals surface area contributed by atoms with E-state index in [0.717, 1.165) is 5.56 Å². The van der Waals surface area contributed by atoms with Gasteiger partial charge in [-0.15, -0.1) is 0 Å². The summed E-state index contributed by atoms with van der Waals surface area (Å²) in [5.41, 5.74) is 2.17. The van der Waals surface area contributed by atoms with Crippen molar-refractivity contribution in [1.29, 1.82) is 5.26 Å². The maximum absolute atomic E-state index is 12.8. The minimum atomic E-state index is -0.0649. The predicted octanol–water partition coefficient (Wildman–Crippen LogP) is 4.79. The molecular formula is C19H16ClN3OS. The molecule has 1 aromatic heterocycles. The minimum absolute atomic E-state index is 0.00646. The molecule has 0 aliphatic rings. The van der Waals surface area contributed by atoms with Crippen LogP contribution in [-0.4, -0.2) is 9.55 Å². The summed E-state index contributed by atoms with van der Waals surface area (Å²) in [6.07, 6.45) is 0. The van der Waals surface area contributed by atoms with Crippen LogP contribution in [0.1, 0.15) is 31.0 Å². The Kier molecular flexibility index (Phi) is 5.12. The lowest BCUT2D eigenvalue weighted by atomic mass is 10.2. The number of halogens is 1. The Morgan fingerprint density at radius 2 is 2.08 bits per heavy atom. The highest BCUT2D eigenvalue weighted by molar-refractivity contribution is 7.98. The van der Waals surface area contributed by atoms with E-state index in [9.17, 15) is 4.79 Å². The smallest absolute Gasteiger partial charge is 0.262 e. The average Bonchev–Trinajstić information content (AvgIpc) is 2.59. The van der Waals surface area contributed by atoms with Crippen LogP contribution in [0.15, 0.2) is 52.4 Å². The van der Waals surface area contributed by atoms with E-state index in [0.29, 0.717) is 32.4 Å². The van der Waals surface area contributed by atoms with Crippen LogP contribution in [0.4, 0.5) is 0 Å². The van der Waals surface area contributed by atoms with Crippen LogP contribution in [0.5, 0.6) is 0 Å². The third kappa shape index (κ3) is 3.71. The Morgan fingerprint density at radius 3 is 2.80 bits per heavy atom. The summed E-state index contributed by atoms with van der Waals surface area (Å²) in [5, 5.41) is 10.8. The fourth-order valence-electron chi connectivity index (χ4n) is 2.59. The van der Waals surface area contributed by atoms with Crippen LogP contribution in [0.25, 0.3) is 10.9 Å². The molecule has 0 saturated carbocycles. The third-order valence-corrected chi connectivity index (χ3v) is 5.03. The number of rotatable bonds is 4. The lowest BCUT2D eigenvalue weighted by Crippen LogP contribution is -2.25. The molecule has 0 radical (unpaired) electrons. The topological polar surface area (TPSA) is 58.7 Å². The van der Waals surface area contributed by atoms with Crippen molar-refractivity contribution in [3.8, 4) is 6.07 Å². The molecule has 0 N–H and O–H groups in total. The zero-order chi connectivity index (χ0) is 18.0. The molecule has 0 unspecified atom stereocenters. The van der Waals surface area contributed by atoms with E-state index in [1.54, 1.807) is 28.8 Å². The molecule has 3 rings (SSSR count). The molecule has 6 heteroatoms. The number of nitriles is 1. The van der Waals surface area contributed by atoms with Crippen molar-refractivity contribution in [2.45, 2.75) is 30.8 Å². The molecule has 0 fully saturated rings. The van der Waals surface area contributed by atoms with E-state index in [1.807, 2.05) is 32.0 Å². The van der Waals surface area contributed by atoms with Gasteiger partial charge >= 0.3 is 0 Å².